The van der Waals surface area contributed by atoms with Crippen LogP contribution in [0.15, 0.2) is 95.3 Å². The summed E-state index contributed by atoms with van der Waals surface area (Å²) in [5.41, 5.74) is 13.1. The Morgan fingerprint density at radius 3 is 2.31 bits per heavy atom. The number of aliphatic imine (C=N–C) groups is 1. The van der Waals surface area contributed by atoms with Gasteiger partial charge in [-0.25, -0.2) is 4.99 Å². The molecule has 0 bridgehead atoms. The van der Waals surface area contributed by atoms with Crippen molar-refractivity contribution in [2.75, 3.05) is 6.54 Å². The van der Waals surface area contributed by atoms with Gasteiger partial charge >= 0.3 is 0 Å². The minimum Gasteiger partial charge on any atom is -0.457 e. The summed E-state index contributed by atoms with van der Waals surface area (Å²) in [6.45, 7) is 4.66. The summed E-state index contributed by atoms with van der Waals surface area (Å²) in [5.74, 6) is 1.64. The highest BCUT2D eigenvalue weighted by atomic mass is 16.5. The molecule has 4 nitrogen and oxygen atoms in total. The van der Waals surface area contributed by atoms with E-state index in [1.807, 2.05) is 72.9 Å². The fraction of sp³-hybridized carbons (Fsp3) is 0.148. The average Bonchev–Trinajstić information content (AvgIpc) is 3.38. The van der Waals surface area contributed by atoms with Crippen molar-refractivity contribution in [3.05, 3.63) is 107 Å². The molecule has 0 saturated heterocycles. The van der Waals surface area contributed by atoms with Crippen LogP contribution in [0.4, 0.5) is 0 Å². The molecule has 2 heterocycles. The number of hydrogen-bond acceptors (Lipinski definition) is 3. The van der Waals surface area contributed by atoms with Crippen molar-refractivity contribution in [3.8, 4) is 11.5 Å². The number of rotatable bonds is 7. The van der Waals surface area contributed by atoms with E-state index in [2.05, 4.69) is 26.0 Å². The van der Waals surface area contributed by atoms with Crippen molar-refractivity contribution in [3.63, 3.8) is 0 Å². The number of aryl methyl sites for hydroxylation is 1. The van der Waals surface area contributed by atoms with E-state index in [0.29, 0.717) is 13.0 Å². The third kappa shape index (κ3) is 5.01. The van der Waals surface area contributed by atoms with E-state index in [4.69, 9.17) is 23.4 Å². The molecule has 0 saturated carbocycles. The molecule has 2 aromatic carbocycles. The van der Waals surface area contributed by atoms with Crippen LogP contribution in [0.25, 0.3) is 11.6 Å². The van der Waals surface area contributed by atoms with Gasteiger partial charge in [0.1, 0.15) is 11.5 Å². The zero-order valence-corrected chi connectivity index (χ0v) is 18.5. The first-order valence-electron chi connectivity index (χ1n) is 10.7. The molecule has 0 amide bonds. The van der Waals surface area contributed by atoms with Crippen LogP contribution >= 0.6 is 0 Å². The van der Waals surface area contributed by atoms with E-state index >= 15 is 0 Å². The Morgan fingerprint density at radius 1 is 1.00 bits per heavy atom. The van der Waals surface area contributed by atoms with Crippen LogP contribution in [0.5, 0.6) is 11.5 Å². The average molecular weight is 419 g/mol. The molecule has 2 radical (unpaired) electrons. The zero-order valence-electron chi connectivity index (χ0n) is 18.5. The normalized spacial score (nSPS) is 15.1. The smallest absolute Gasteiger partial charge is 0.234 e. The standard InChI is InChI=1S/C27H26BN3O/c1-19-5-11-23(12-6-19)32-24-13-8-21(9-14-24)7-10-22-18-20(2)27(30-22)25(15-16-29)26-4-3-17-31(26)28/h3-14,17-18H,15-16,29H2,1-2H3/b10-7+,27-25-. The van der Waals surface area contributed by atoms with E-state index in [-0.39, 0.29) is 0 Å². The topological polar surface area (TPSA) is 52.5 Å². The lowest BCUT2D eigenvalue weighted by Crippen LogP contribution is -2.05. The number of nitrogens with zero attached hydrogens (tertiary/aromatic N) is 2. The lowest BCUT2D eigenvalue weighted by molar-refractivity contribution is 0.482. The van der Waals surface area contributed by atoms with E-state index in [1.54, 1.807) is 4.48 Å². The molecule has 0 atom stereocenters. The van der Waals surface area contributed by atoms with Gasteiger partial charge in [-0.1, -0.05) is 35.9 Å². The Morgan fingerprint density at radius 2 is 1.69 bits per heavy atom. The van der Waals surface area contributed by atoms with E-state index in [9.17, 15) is 0 Å². The van der Waals surface area contributed by atoms with Crippen molar-refractivity contribution < 1.29 is 4.74 Å². The highest BCUT2D eigenvalue weighted by Crippen LogP contribution is 2.31. The van der Waals surface area contributed by atoms with Crippen LogP contribution in [0.1, 0.15) is 30.2 Å². The van der Waals surface area contributed by atoms with Crippen molar-refractivity contribution >= 4 is 25.3 Å². The largest absolute Gasteiger partial charge is 0.457 e. The van der Waals surface area contributed by atoms with E-state index in [0.717, 1.165) is 45.3 Å². The first kappa shape index (κ1) is 21.7. The van der Waals surface area contributed by atoms with Gasteiger partial charge in [-0.3, -0.25) is 0 Å². The maximum absolute atomic E-state index is 6.07. The highest BCUT2D eigenvalue weighted by Gasteiger charge is 2.16. The number of benzene rings is 2. The lowest BCUT2D eigenvalue weighted by atomic mass is 10.0. The predicted octanol–water partition coefficient (Wildman–Crippen LogP) is 5.69. The monoisotopic (exact) mass is 419 g/mol. The van der Waals surface area contributed by atoms with Gasteiger partial charge in [0.25, 0.3) is 0 Å². The van der Waals surface area contributed by atoms with Gasteiger partial charge in [0.15, 0.2) is 0 Å². The number of allylic oxidation sites excluding steroid dienone is 3. The minimum atomic E-state index is 0.537. The molecule has 32 heavy (non-hydrogen) atoms. The maximum atomic E-state index is 6.07. The number of hydrogen-bond donors (Lipinski definition) is 1. The molecule has 0 fully saturated rings. The summed E-state index contributed by atoms with van der Waals surface area (Å²) >= 11 is 0. The molecule has 0 spiro atoms. The van der Waals surface area contributed by atoms with Gasteiger partial charge in [-0.05, 0) is 92.7 Å². The second-order valence-electron chi connectivity index (χ2n) is 7.85. The first-order valence-corrected chi connectivity index (χ1v) is 10.7. The van der Waals surface area contributed by atoms with Crippen LogP contribution in [0.3, 0.4) is 0 Å². The molecular formula is C27H26BN3O. The van der Waals surface area contributed by atoms with E-state index in [1.165, 1.54) is 5.56 Å². The summed E-state index contributed by atoms with van der Waals surface area (Å²) in [6, 6.07) is 19.9. The summed E-state index contributed by atoms with van der Waals surface area (Å²) < 4.78 is 7.52. The molecule has 0 aliphatic carbocycles. The van der Waals surface area contributed by atoms with Crippen molar-refractivity contribution in [2.24, 2.45) is 10.7 Å². The predicted molar refractivity (Wildman–Crippen MR) is 134 cm³/mol. The minimum absolute atomic E-state index is 0.537. The second kappa shape index (κ2) is 9.71. The molecular weight excluding hydrogens is 393 g/mol. The Bertz CT molecular complexity index is 1210. The zero-order chi connectivity index (χ0) is 22.5. The molecule has 1 aliphatic heterocycles. The third-order valence-electron chi connectivity index (χ3n) is 5.33. The molecule has 0 unspecified atom stereocenters. The van der Waals surface area contributed by atoms with Gasteiger partial charge in [-0.2, -0.15) is 0 Å². The second-order valence-corrected chi connectivity index (χ2v) is 7.85. The molecule has 4 rings (SSSR count). The molecule has 3 aromatic rings. The Labute approximate surface area is 190 Å². The van der Waals surface area contributed by atoms with E-state index < -0.39 is 0 Å². The number of aromatic nitrogens is 1. The molecule has 1 aromatic heterocycles. The van der Waals surface area contributed by atoms with Gasteiger partial charge in [0, 0.05) is 11.3 Å². The van der Waals surface area contributed by atoms with Crippen LogP contribution in [-0.4, -0.2) is 24.7 Å². The Kier molecular flexibility index (Phi) is 6.57. The summed E-state index contributed by atoms with van der Waals surface area (Å²) in [4.78, 5) is 4.85. The summed E-state index contributed by atoms with van der Waals surface area (Å²) in [6.07, 6.45) is 8.70. The summed E-state index contributed by atoms with van der Waals surface area (Å²) in [5, 5.41) is 0. The van der Waals surface area contributed by atoms with Gasteiger partial charge in [-0.15, -0.1) is 0 Å². The van der Waals surface area contributed by atoms with Crippen molar-refractivity contribution in [1.29, 1.82) is 0 Å². The Balaban J connectivity index is 1.50. The van der Waals surface area contributed by atoms with Crippen molar-refractivity contribution in [2.45, 2.75) is 20.3 Å². The molecule has 2 N–H and O–H groups in total. The van der Waals surface area contributed by atoms with Crippen LogP contribution in [-0.2, 0) is 0 Å². The summed E-state index contributed by atoms with van der Waals surface area (Å²) in [7, 11) is 6.07. The van der Waals surface area contributed by atoms with Crippen LogP contribution < -0.4 is 10.5 Å². The quantitative estimate of drug-likeness (QED) is 0.500. The lowest BCUT2D eigenvalue weighted by Gasteiger charge is -2.11. The van der Waals surface area contributed by atoms with Crippen LogP contribution in [0, 0.1) is 6.92 Å². The third-order valence-corrected chi connectivity index (χ3v) is 5.33. The fourth-order valence-corrected chi connectivity index (χ4v) is 3.66. The number of nitrogens with two attached hydrogens (primary N) is 1. The first-order chi connectivity index (χ1) is 15.5. The van der Waals surface area contributed by atoms with Gasteiger partial charge in [0.05, 0.1) is 11.4 Å². The SMILES string of the molecule is [B]n1cccc1/C(CCN)=C1N=C(/C=C/c2ccc(Oc3ccc(C)cc3)cc2)C=C\1C. The molecule has 5 heteroatoms. The van der Waals surface area contributed by atoms with Crippen molar-refractivity contribution in [1.82, 2.24) is 4.48 Å². The molecule has 1 aliphatic rings. The highest BCUT2D eigenvalue weighted by molar-refractivity contribution is 6.11. The molecule has 158 valence electrons. The van der Waals surface area contributed by atoms with Crippen LogP contribution in [0.2, 0.25) is 0 Å². The van der Waals surface area contributed by atoms with Gasteiger partial charge < -0.3 is 14.9 Å². The Hall–Kier alpha value is -3.57. The fourth-order valence-electron chi connectivity index (χ4n) is 3.66. The number of ether oxygens (including phenoxy) is 1. The maximum Gasteiger partial charge on any atom is 0.234 e. The van der Waals surface area contributed by atoms with Gasteiger partial charge in [0.2, 0.25) is 7.98 Å².